The molecule has 5 N–H and O–H groups in total. The predicted molar refractivity (Wildman–Crippen MR) is 127 cm³/mol. The number of rotatable bonds is 6. The second-order valence-electron chi connectivity index (χ2n) is 9.43. The summed E-state index contributed by atoms with van der Waals surface area (Å²) in [5, 5.41) is 16.2. The van der Waals surface area contributed by atoms with Crippen LogP contribution < -0.4 is 16.4 Å². The molecule has 3 aromatic rings. The van der Waals surface area contributed by atoms with E-state index in [9.17, 15) is 9.50 Å². The molecule has 8 nitrogen and oxygen atoms in total. The van der Waals surface area contributed by atoms with E-state index in [0.29, 0.717) is 35.1 Å². The van der Waals surface area contributed by atoms with Gasteiger partial charge in [-0.1, -0.05) is 12.1 Å². The van der Waals surface area contributed by atoms with Crippen LogP contribution in [0.1, 0.15) is 57.4 Å². The first-order valence-corrected chi connectivity index (χ1v) is 12.0. The molecule has 0 spiro atoms. The number of para-hydroxylation sites is 1. The molecule has 5 rings (SSSR count). The fourth-order valence-electron chi connectivity index (χ4n) is 5.11. The van der Waals surface area contributed by atoms with Crippen LogP contribution >= 0.6 is 0 Å². The van der Waals surface area contributed by atoms with Gasteiger partial charge < -0.3 is 21.5 Å². The van der Waals surface area contributed by atoms with Crippen molar-refractivity contribution >= 4 is 28.7 Å². The molecule has 176 valence electrons. The number of aromatic nitrogens is 4. The lowest BCUT2D eigenvalue weighted by molar-refractivity contribution is 0.170. The molecule has 9 heteroatoms. The number of fused-ring (bicyclic) bond motifs is 1. The van der Waals surface area contributed by atoms with Gasteiger partial charge in [0.15, 0.2) is 5.65 Å². The van der Waals surface area contributed by atoms with Gasteiger partial charge >= 0.3 is 0 Å². The van der Waals surface area contributed by atoms with Crippen LogP contribution in [0.2, 0.25) is 0 Å². The molecule has 0 saturated heterocycles. The molecule has 2 aliphatic rings. The zero-order valence-corrected chi connectivity index (χ0v) is 18.8. The second kappa shape index (κ2) is 9.61. The smallest absolute Gasteiger partial charge is 0.224 e. The summed E-state index contributed by atoms with van der Waals surface area (Å²) >= 11 is 0. The number of aliphatic hydroxyl groups is 1. The standard InChI is InChI=1S/C24H32FN7O/c25-19-3-1-2-4-20(19)29-24-30-21-13-27-23(28-17-9-7-16(26)8-10-17)31-22(21)32(24)18-11-5-15(14-33)6-12-18/h1-4,13,15-18,33H,5-12,14,26H2,(H,29,30)(H,27,28,31)/t15-,16-,17-,18+. The molecule has 2 fully saturated rings. The Balaban J connectivity index is 1.48. The Bertz CT molecular complexity index is 1090. The molecule has 0 bridgehead atoms. The maximum absolute atomic E-state index is 14.4. The number of halogens is 1. The van der Waals surface area contributed by atoms with Gasteiger partial charge in [0.1, 0.15) is 11.3 Å². The van der Waals surface area contributed by atoms with Gasteiger partial charge in [-0.3, -0.25) is 4.57 Å². The van der Waals surface area contributed by atoms with Gasteiger partial charge in [-0.2, -0.15) is 4.98 Å². The first-order chi connectivity index (χ1) is 16.1. The third kappa shape index (κ3) is 4.79. The molecule has 0 amide bonds. The lowest BCUT2D eigenvalue weighted by Crippen LogP contribution is -2.33. The summed E-state index contributed by atoms with van der Waals surface area (Å²) in [6.45, 7) is 0.221. The van der Waals surface area contributed by atoms with Crippen molar-refractivity contribution in [1.29, 1.82) is 0 Å². The maximum Gasteiger partial charge on any atom is 0.224 e. The third-order valence-corrected chi connectivity index (χ3v) is 7.10. The number of hydrogen-bond acceptors (Lipinski definition) is 7. The van der Waals surface area contributed by atoms with E-state index in [0.717, 1.165) is 57.0 Å². The average Bonchev–Trinajstić information content (AvgIpc) is 3.19. The summed E-state index contributed by atoms with van der Waals surface area (Å²) in [4.78, 5) is 14.1. The van der Waals surface area contributed by atoms with Crippen LogP contribution in [-0.2, 0) is 0 Å². The molecule has 0 unspecified atom stereocenters. The quantitative estimate of drug-likeness (QED) is 0.444. The van der Waals surface area contributed by atoms with Gasteiger partial charge in [0, 0.05) is 24.7 Å². The van der Waals surface area contributed by atoms with E-state index in [1.54, 1.807) is 24.4 Å². The highest BCUT2D eigenvalue weighted by molar-refractivity contribution is 5.76. The van der Waals surface area contributed by atoms with Gasteiger partial charge in [0.25, 0.3) is 0 Å². The first kappa shape index (κ1) is 22.0. The van der Waals surface area contributed by atoms with Crippen molar-refractivity contribution in [2.45, 2.75) is 69.5 Å². The molecule has 1 aromatic carbocycles. The van der Waals surface area contributed by atoms with E-state index in [1.807, 2.05) is 0 Å². The fourth-order valence-corrected chi connectivity index (χ4v) is 5.11. The molecule has 2 saturated carbocycles. The van der Waals surface area contributed by atoms with Crippen LogP contribution in [0.5, 0.6) is 0 Å². The van der Waals surface area contributed by atoms with Crippen LogP contribution in [0, 0.1) is 11.7 Å². The third-order valence-electron chi connectivity index (χ3n) is 7.10. The molecule has 33 heavy (non-hydrogen) atoms. The number of anilines is 3. The van der Waals surface area contributed by atoms with E-state index >= 15 is 0 Å². The van der Waals surface area contributed by atoms with Crippen LogP contribution in [0.4, 0.5) is 22.0 Å². The monoisotopic (exact) mass is 453 g/mol. The van der Waals surface area contributed by atoms with E-state index in [2.05, 4.69) is 20.2 Å². The van der Waals surface area contributed by atoms with Gasteiger partial charge in [0.2, 0.25) is 11.9 Å². The highest BCUT2D eigenvalue weighted by Crippen LogP contribution is 2.37. The second-order valence-corrected chi connectivity index (χ2v) is 9.43. The maximum atomic E-state index is 14.4. The van der Waals surface area contributed by atoms with Crippen molar-refractivity contribution in [3.8, 4) is 0 Å². The Morgan fingerprint density at radius 1 is 1.03 bits per heavy atom. The molecule has 2 heterocycles. The van der Waals surface area contributed by atoms with Gasteiger partial charge in [0.05, 0.1) is 11.9 Å². The van der Waals surface area contributed by atoms with E-state index < -0.39 is 0 Å². The number of nitrogens with zero attached hydrogens (tertiary/aromatic N) is 4. The minimum absolute atomic E-state index is 0.169. The van der Waals surface area contributed by atoms with Crippen molar-refractivity contribution in [3.05, 3.63) is 36.3 Å². The molecular formula is C24H32FN7O. The largest absolute Gasteiger partial charge is 0.396 e. The number of nitrogens with one attached hydrogen (secondary N) is 2. The summed E-state index contributed by atoms with van der Waals surface area (Å²) < 4.78 is 16.5. The summed E-state index contributed by atoms with van der Waals surface area (Å²) in [5.74, 6) is 1.16. The number of hydrogen-bond donors (Lipinski definition) is 4. The molecule has 0 aliphatic heterocycles. The molecule has 2 aliphatic carbocycles. The van der Waals surface area contributed by atoms with Gasteiger partial charge in [-0.05, 0) is 69.4 Å². The Morgan fingerprint density at radius 2 is 1.79 bits per heavy atom. The summed E-state index contributed by atoms with van der Waals surface area (Å²) in [7, 11) is 0. The van der Waals surface area contributed by atoms with E-state index in [1.165, 1.54) is 6.07 Å². The Hall–Kier alpha value is -2.78. The normalized spacial score (nSPS) is 25.8. The summed E-state index contributed by atoms with van der Waals surface area (Å²) in [6, 6.07) is 7.36. The Labute approximate surface area is 192 Å². The number of imidazole rings is 1. The van der Waals surface area contributed by atoms with Crippen LogP contribution in [0.15, 0.2) is 30.5 Å². The lowest BCUT2D eigenvalue weighted by atomic mass is 9.86. The lowest BCUT2D eigenvalue weighted by Gasteiger charge is -2.29. The Morgan fingerprint density at radius 3 is 2.52 bits per heavy atom. The zero-order valence-electron chi connectivity index (χ0n) is 18.8. The molecular weight excluding hydrogens is 421 g/mol. The fraction of sp³-hybridized carbons (Fsp3) is 0.542. The van der Waals surface area contributed by atoms with Crippen LogP contribution in [0.25, 0.3) is 11.2 Å². The first-order valence-electron chi connectivity index (χ1n) is 12.0. The van der Waals surface area contributed by atoms with Crippen molar-refractivity contribution in [2.75, 3.05) is 17.2 Å². The highest BCUT2D eigenvalue weighted by atomic mass is 19.1. The highest BCUT2D eigenvalue weighted by Gasteiger charge is 2.27. The molecule has 0 radical (unpaired) electrons. The summed E-state index contributed by atoms with van der Waals surface area (Å²) in [5.41, 5.74) is 7.84. The topological polar surface area (TPSA) is 114 Å². The minimum atomic E-state index is -0.330. The van der Waals surface area contributed by atoms with E-state index in [-0.39, 0.29) is 24.5 Å². The van der Waals surface area contributed by atoms with Crippen LogP contribution in [-0.4, -0.2) is 43.3 Å². The minimum Gasteiger partial charge on any atom is -0.396 e. The van der Waals surface area contributed by atoms with Crippen molar-refractivity contribution in [2.24, 2.45) is 11.7 Å². The zero-order chi connectivity index (χ0) is 22.8. The average molecular weight is 454 g/mol. The molecule has 2 aromatic heterocycles. The predicted octanol–water partition coefficient (Wildman–Crippen LogP) is 4.11. The van der Waals surface area contributed by atoms with Crippen molar-refractivity contribution < 1.29 is 9.50 Å². The van der Waals surface area contributed by atoms with Gasteiger partial charge in [-0.25, -0.2) is 14.4 Å². The van der Waals surface area contributed by atoms with Crippen molar-refractivity contribution in [1.82, 2.24) is 19.5 Å². The number of nitrogens with two attached hydrogens (primary N) is 1. The van der Waals surface area contributed by atoms with Crippen LogP contribution in [0.3, 0.4) is 0 Å². The van der Waals surface area contributed by atoms with E-state index in [4.69, 9.17) is 15.7 Å². The number of aliphatic hydroxyl groups excluding tert-OH is 1. The SMILES string of the molecule is N[C@H]1CC[C@H](Nc2ncc3nc(Nc4ccccc4F)n([C@H]4CC[C@@H](CO)CC4)c3n2)CC1. The van der Waals surface area contributed by atoms with Gasteiger partial charge in [-0.15, -0.1) is 0 Å². The Kier molecular flexibility index (Phi) is 6.41. The molecule has 0 atom stereocenters. The van der Waals surface area contributed by atoms with Crippen molar-refractivity contribution in [3.63, 3.8) is 0 Å². The number of benzene rings is 1. The summed E-state index contributed by atoms with van der Waals surface area (Å²) in [6.07, 6.45) is 9.47.